The van der Waals surface area contributed by atoms with Crippen LogP contribution in [0.15, 0.2) is 0 Å². The molecule has 88 valence electrons. The average molecular weight is 214 g/mol. The van der Waals surface area contributed by atoms with Gasteiger partial charge in [-0.2, -0.15) is 0 Å². The summed E-state index contributed by atoms with van der Waals surface area (Å²) in [6.07, 6.45) is 3.99. The van der Waals surface area contributed by atoms with Gasteiger partial charge in [0.1, 0.15) is 0 Å². The van der Waals surface area contributed by atoms with Crippen LogP contribution >= 0.6 is 0 Å². The lowest BCUT2D eigenvalue weighted by Gasteiger charge is -2.23. The van der Waals surface area contributed by atoms with Crippen molar-refractivity contribution in [3.05, 3.63) is 0 Å². The molecule has 3 unspecified atom stereocenters. The van der Waals surface area contributed by atoms with E-state index in [0.29, 0.717) is 12.5 Å². The zero-order valence-corrected chi connectivity index (χ0v) is 9.66. The van der Waals surface area contributed by atoms with E-state index in [1.54, 1.807) is 0 Å². The summed E-state index contributed by atoms with van der Waals surface area (Å²) in [6, 6.07) is 0.0902. The van der Waals surface area contributed by atoms with E-state index in [1.165, 1.54) is 0 Å². The highest BCUT2D eigenvalue weighted by molar-refractivity contribution is 5.74. The number of amides is 1. The zero-order chi connectivity index (χ0) is 11.3. The molecule has 15 heavy (non-hydrogen) atoms. The summed E-state index contributed by atoms with van der Waals surface area (Å²) >= 11 is 0. The number of rotatable bonds is 6. The van der Waals surface area contributed by atoms with Crippen molar-refractivity contribution in [1.82, 2.24) is 5.32 Å². The SMILES string of the molecule is CCCNC(CC(N)=O)C1CCC(C)O1. The number of primary amides is 1. The topological polar surface area (TPSA) is 64.3 Å². The Balaban J connectivity index is 2.43. The van der Waals surface area contributed by atoms with Crippen molar-refractivity contribution < 1.29 is 9.53 Å². The zero-order valence-electron chi connectivity index (χ0n) is 9.66. The van der Waals surface area contributed by atoms with E-state index in [2.05, 4.69) is 19.2 Å². The minimum Gasteiger partial charge on any atom is -0.374 e. The summed E-state index contributed by atoms with van der Waals surface area (Å²) in [5, 5.41) is 3.34. The number of carbonyl (C=O) groups is 1. The molecule has 1 heterocycles. The monoisotopic (exact) mass is 214 g/mol. The molecule has 1 aliphatic rings. The van der Waals surface area contributed by atoms with Gasteiger partial charge >= 0.3 is 0 Å². The normalized spacial score (nSPS) is 27.9. The van der Waals surface area contributed by atoms with Crippen LogP contribution in [0.1, 0.15) is 39.5 Å². The van der Waals surface area contributed by atoms with Crippen LogP contribution in [0.2, 0.25) is 0 Å². The van der Waals surface area contributed by atoms with E-state index in [0.717, 1.165) is 25.8 Å². The first-order valence-corrected chi connectivity index (χ1v) is 5.80. The van der Waals surface area contributed by atoms with Crippen LogP contribution in [0.5, 0.6) is 0 Å². The minimum atomic E-state index is -0.258. The van der Waals surface area contributed by atoms with Gasteiger partial charge in [0, 0.05) is 12.5 Å². The Bertz CT molecular complexity index is 209. The average Bonchev–Trinajstić information content (AvgIpc) is 2.58. The second kappa shape index (κ2) is 6.08. The first-order valence-electron chi connectivity index (χ1n) is 5.80. The first-order chi connectivity index (χ1) is 7.13. The van der Waals surface area contributed by atoms with Crippen LogP contribution in [0, 0.1) is 0 Å². The van der Waals surface area contributed by atoms with E-state index in [1.807, 2.05) is 0 Å². The molecule has 4 heteroatoms. The molecule has 1 amide bonds. The van der Waals surface area contributed by atoms with Gasteiger partial charge in [-0.05, 0) is 32.7 Å². The second-order valence-electron chi connectivity index (χ2n) is 4.29. The highest BCUT2D eigenvalue weighted by Gasteiger charge is 2.29. The lowest BCUT2D eigenvalue weighted by atomic mass is 10.0. The standard InChI is InChI=1S/C11H22N2O2/c1-3-6-13-9(7-11(12)14)10-5-4-8(2)15-10/h8-10,13H,3-7H2,1-2H3,(H2,12,14). The highest BCUT2D eigenvalue weighted by Crippen LogP contribution is 2.23. The fraction of sp³-hybridized carbons (Fsp3) is 0.909. The van der Waals surface area contributed by atoms with Crippen molar-refractivity contribution in [3.63, 3.8) is 0 Å². The highest BCUT2D eigenvalue weighted by atomic mass is 16.5. The molecule has 0 saturated carbocycles. The molecule has 1 aliphatic heterocycles. The van der Waals surface area contributed by atoms with E-state index in [-0.39, 0.29) is 18.1 Å². The Hall–Kier alpha value is -0.610. The smallest absolute Gasteiger partial charge is 0.219 e. The molecule has 1 saturated heterocycles. The van der Waals surface area contributed by atoms with Crippen molar-refractivity contribution >= 4 is 5.91 Å². The molecule has 0 aromatic heterocycles. The van der Waals surface area contributed by atoms with Crippen LogP contribution in [-0.2, 0) is 9.53 Å². The van der Waals surface area contributed by atoms with Gasteiger partial charge in [-0.3, -0.25) is 4.79 Å². The van der Waals surface area contributed by atoms with E-state index < -0.39 is 0 Å². The van der Waals surface area contributed by atoms with Gasteiger partial charge in [-0.15, -0.1) is 0 Å². The number of hydrogen-bond acceptors (Lipinski definition) is 3. The summed E-state index contributed by atoms with van der Waals surface area (Å²) in [5.41, 5.74) is 5.23. The third kappa shape index (κ3) is 4.18. The Morgan fingerprint density at radius 2 is 2.33 bits per heavy atom. The van der Waals surface area contributed by atoms with Crippen molar-refractivity contribution in [2.24, 2.45) is 5.73 Å². The molecule has 4 nitrogen and oxygen atoms in total. The van der Waals surface area contributed by atoms with Gasteiger partial charge in [0.25, 0.3) is 0 Å². The maximum Gasteiger partial charge on any atom is 0.219 e. The van der Waals surface area contributed by atoms with Crippen molar-refractivity contribution in [2.45, 2.75) is 57.8 Å². The van der Waals surface area contributed by atoms with Crippen LogP contribution < -0.4 is 11.1 Å². The summed E-state index contributed by atoms with van der Waals surface area (Å²) < 4.78 is 5.75. The summed E-state index contributed by atoms with van der Waals surface area (Å²) in [4.78, 5) is 10.9. The molecule has 0 aromatic rings. The number of ether oxygens (including phenoxy) is 1. The van der Waals surface area contributed by atoms with Gasteiger partial charge in [0.2, 0.25) is 5.91 Å². The van der Waals surface area contributed by atoms with E-state index in [9.17, 15) is 4.79 Å². The Labute approximate surface area is 91.5 Å². The quantitative estimate of drug-likeness (QED) is 0.687. The fourth-order valence-corrected chi connectivity index (χ4v) is 2.01. The fourth-order valence-electron chi connectivity index (χ4n) is 2.01. The van der Waals surface area contributed by atoms with Crippen molar-refractivity contribution in [2.75, 3.05) is 6.54 Å². The van der Waals surface area contributed by atoms with Crippen molar-refractivity contribution in [3.8, 4) is 0 Å². The van der Waals surface area contributed by atoms with Crippen molar-refractivity contribution in [1.29, 1.82) is 0 Å². The largest absolute Gasteiger partial charge is 0.374 e. The lowest BCUT2D eigenvalue weighted by molar-refractivity contribution is -0.119. The molecule has 0 aliphatic carbocycles. The number of hydrogen-bond donors (Lipinski definition) is 2. The van der Waals surface area contributed by atoms with Gasteiger partial charge in [0.15, 0.2) is 0 Å². The first kappa shape index (κ1) is 12.5. The maximum atomic E-state index is 10.9. The molecule has 0 radical (unpaired) electrons. The number of nitrogens with one attached hydrogen (secondary N) is 1. The number of nitrogens with two attached hydrogens (primary N) is 1. The van der Waals surface area contributed by atoms with E-state index >= 15 is 0 Å². The Kier molecular flexibility index (Phi) is 5.05. The molecular formula is C11H22N2O2. The van der Waals surface area contributed by atoms with Gasteiger partial charge in [0.05, 0.1) is 12.2 Å². The second-order valence-corrected chi connectivity index (χ2v) is 4.29. The number of carbonyl (C=O) groups excluding carboxylic acids is 1. The van der Waals surface area contributed by atoms with Crippen LogP contribution in [0.25, 0.3) is 0 Å². The maximum absolute atomic E-state index is 10.9. The lowest BCUT2D eigenvalue weighted by Crippen LogP contribution is -2.43. The van der Waals surface area contributed by atoms with Crippen LogP contribution in [0.4, 0.5) is 0 Å². The Morgan fingerprint density at radius 3 is 2.80 bits per heavy atom. The molecule has 0 bridgehead atoms. The third-order valence-electron chi connectivity index (χ3n) is 2.79. The molecule has 3 atom stereocenters. The van der Waals surface area contributed by atoms with Gasteiger partial charge in [-0.1, -0.05) is 6.92 Å². The molecule has 1 rings (SSSR count). The molecular weight excluding hydrogens is 192 g/mol. The summed E-state index contributed by atoms with van der Waals surface area (Å²) in [5.74, 6) is -0.258. The molecule has 0 aromatic carbocycles. The predicted molar refractivity (Wildman–Crippen MR) is 59.5 cm³/mol. The van der Waals surface area contributed by atoms with Gasteiger partial charge in [-0.25, -0.2) is 0 Å². The Morgan fingerprint density at radius 1 is 1.60 bits per heavy atom. The summed E-state index contributed by atoms with van der Waals surface area (Å²) in [7, 11) is 0. The summed E-state index contributed by atoms with van der Waals surface area (Å²) in [6.45, 7) is 5.08. The molecule has 0 spiro atoms. The van der Waals surface area contributed by atoms with Crippen LogP contribution in [-0.4, -0.2) is 30.7 Å². The minimum absolute atomic E-state index is 0.0902. The van der Waals surface area contributed by atoms with E-state index in [4.69, 9.17) is 10.5 Å². The third-order valence-corrected chi connectivity index (χ3v) is 2.79. The van der Waals surface area contributed by atoms with Gasteiger partial charge < -0.3 is 15.8 Å². The predicted octanol–water partition coefficient (Wildman–Crippen LogP) is 0.797. The van der Waals surface area contributed by atoms with Crippen LogP contribution in [0.3, 0.4) is 0 Å². The molecule has 1 fully saturated rings. The molecule has 3 N–H and O–H groups in total.